The van der Waals surface area contributed by atoms with E-state index < -0.39 is 5.82 Å². The Labute approximate surface area is 124 Å². The van der Waals surface area contributed by atoms with Crippen LogP contribution in [-0.2, 0) is 4.79 Å². The fraction of sp³-hybridized carbons (Fsp3) is 0.235. The molecule has 0 aromatic heterocycles. The first-order valence-corrected chi connectivity index (χ1v) is 7.05. The molecule has 0 aliphatic heterocycles. The first-order valence-electron chi connectivity index (χ1n) is 7.05. The SMILES string of the molecule is CCN(CCC(=O)Nc1ccccc1F)c1ccccc1. The van der Waals surface area contributed by atoms with E-state index in [1.807, 2.05) is 37.3 Å². The van der Waals surface area contributed by atoms with Gasteiger partial charge in [0, 0.05) is 25.2 Å². The van der Waals surface area contributed by atoms with E-state index in [0.29, 0.717) is 13.0 Å². The molecule has 0 saturated heterocycles. The molecule has 0 fully saturated rings. The summed E-state index contributed by atoms with van der Waals surface area (Å²) < 4.78 is 13.5. The summed E-state index contributed by atoms with van der Waals surface area (Å²) in [6, 6.07) is 16.1. The summed E-state index contributed by atoms with van der Waals surface area (Å²) in [5.74, 6) is -0.601. The minimum atomic E-state index is -0.416. The first kappa shape index (κ1) is 15.0. The van der Waals surface area contributed by atoms with Gasteiger partial charge in [0.05, 0.1) is 5.69 Å². The smallest absolute Gasteiger partial charge is 0.226 e. The topological polar surface area (TPSA) is 32.3 Å². The van der Waals surface area contributed by atoms with Gasteiger partial charge >= 0.3 is 0 Å². The van der Waals surface area contributed by atoms with Gasteiger partial charge in [-0.15, -0.1) is 0 Å². The molecule has 0 saturated carbocycles. The number of amides is 1. The third kappa shape index (κ3) is 4.31. The highest BCUT2D eigenvalue weighted by Gasteiger charge is 2.09. The Morgan fingerprint density at radius 1 is 1.10 bits per heavy atom. The molecule has 1 N–H and O–H groups in total. The van der Waals surface area contributed by atoms with Crippen LogP contribution in [0.3, 0.4) is 0 Å². The second kappa shape index (κ2) is 7.43. The monoisotopic (exact) mass is 286 g/mol. The molecule has 0 bridgehead atoms. The number of hydrogen-bond donors (Lipinski definition) is 1. The molecule has 21 heavy (non-hydrogen) atoms. The third-order valence-electron chi connectivity index (χ3n) is 3.26. The van der Waals surface area contributed by atoms with Crippen LogP contribution >= 0.6 is 0 Å². The molecule has 0 unspecified atom stereocenters. The molecule has 2 rings (SSSR count). The maximum Gasteiger partial charge on any atom is 0.226 e. The van der Waals surface area contributed by atoms with E-state index in [-0.39, 0.29) is 11.6 Å². The maximum atomic E-state index is 13.5. The van der Waals surface area contributed by atoms with E-state index in [2.05, 4.69) is 10.2 Å². The summed E-state index contributed by atoms with van der Waals surface area (Å²) in [5.41, 5.74) is 1.31. The standard InChI is InChI=1S/C17H19FN2O/c1-2-20(14-8-4-3-5-9-14)13-12-17(21)19-16-11-7-6-10-15(16)18/h3-11H,2,12-13H2,1H3,(H,19,21). The van der Waals surface area contributed by atoms with E-state index in [9.17, 15) is 9.18 Å². The fourth-order valence-corrected chi connectivity index (χ4v) is 2.12. The van der Waals surface area contributed by atoms with Crippen molar-refractivity contribution in [1.82, 2.24) is 0 Å². The highest BCUT2D eigenvalue weighted by Crippen LogP contribution is 2.15. The second-order valence-electron chi connectivity index (χ2n) is 4.69. The average molecular weight is 286 g/mol. The lowest BCUT2D eigenvalue weighted by atomic mass is 10.2. The number of para-hydroxylation sites is 2. The van der Waals surface area contributed by atoms with Gasteiger partial charge in [-0.1, -0.05) is 30.3 Å². The normalized spacial score (nSPS) is 10.2. The van der Waals surface area contributed by atoms with Gasteiger partial charge < -0.3 is 10.2 Å². The number of hydrogen-bond acceptors (Lipinski definition) is 2. The van der Waals surface area contributed by atoms with E-state index in [1.54, 1.807) is 18.2 Å². The molecular weight excluding hydrogens is 267 g/mol. The van der Waals surface area contributed by atoms with Crippen molar-refractivity contribution < 1.29 is 9.18 Å². The molecule has 0 aliphatic carbocycles. The van der Waals surface area contributed by atoms with E-state index in [0.717, 1.165) is 12.2 Å². The van der Waals surface area contributed by atoms with Crippen molar-refractivity contribution in [2.45, 2.75) is 13.3 Å². The lowest BCUT2D eigenvalue weighted by Gasteiger charge is -2.22. The zero-order valence-electron chi connectivity index (χ0n) is 12.1. The van der Waals surface area contributed by atoms with Crippen LogP contribution in [0.5, 0.6) is 0 Å². The van der Waals surface area contributed by atoms with Crippen LogP contribution in [0.1, 0.15) is 13.3 Å². The third-order valence-corrected chi connectivity index (χ3v) is 3.26. The number of nitrogens with one attached hydrogen (secondary N) is 1. The van der Waals surface area contributed by atoms with Crippen LogP contribution < -0.4 is 10.2 Å². The van der Waals surface area contributed by atoms with Gasteiger partial charge in [0.15, 0.2) is 0 Å². The molecule has 1 amide bonds. The molecular formula is C17H19FN2O. The Bertz CT molecular complexity index is 586. The molecule has 110 valence electrons. The Kier molecular flexibility index (Phi) is 5.32. The Morgan fingerprint density at radius 3 is 2.43 bits per heavy atom. The number of carbonyl (C=O) groups is 1. The van der Waals surface area contributed by atoms with Gasteiger partial charge in [0.1, 0.15) is 5.82 Å². The molecule has 4 heteroatoms. The van der Waals surface area contributed by atoms with Crippen LogP contribution in [0.2, 0.25) is 0 Å². The number of halogens is 1. The number of rotatable bonds is 6. The van der Waals surface area contributed by atoms with Gasteiger partial charge in [0.2, 0.25) is 5.91 Å². The Hall–Kier alpha value is -2.36. The zero-order chi connectivity index (χ0) is 15.1. The lowest BCUT2D eigenvalue weighted by molar-refractivity contribution is -0.116. The Balaban J connectivity index is 1.90. The van der Waals surface area contributed by atoms with Crippen LogP contribution in [0, 0.1) is 5.82 Å². The fourth-order valence-electron chi connectivity index (χ4n) is 2.12. The molecule has 2 aromatic rings. The molecule has 3 nitrogen and oxygen atoms in total. The maximum absolute atomic E-state index is 13.5. The van der Waals surface area contributed by atoms with Crippen LogP contribution in [0.25, 0.3) is 0 Å². The predicted molar refractivity (Wildman–Crippen MR) is 84.0 cm³/mol. The highest BCUT2D eigenvalue weighted by atomic mass is 19.1. The molecule has 2 aromatic carbocycles. The van der Waals surface area contributed by atoms with Crippen molar-refractivity contribution in [3.05, 3.63) is 60.4 Å². The zero-order valence-corrected chi connectivity index (χ0v) is 12.1. The summed E-state index contributed by atoms with van der Waals surface area (Å²) in [5, 5.41) is 2.60. The lowest BCUT2D eigenvalue weighted by Crippen LogP contribution is -2.27. The molecule has 0 aliphatic rings. The Morgan fingerprint density at radius 2 is 1.76 bits per heavy atom. The van der Waals surface area contributed by atoms with Gasteiger partial charge in [0.25, 0.3) is 0 Å². The minimum Gasteiger partial charge on any atom is -0.371 e. The largest absolute Gasteiger partial charge is 0.371 e. The predicted octanol–water partition coefficient (Wildman–Crippen LogP) is 3.68. The summed E-state index contributed by atoms with van der Waals surface area (Å²) in [6.45, 7) is 3.46. The van der Waals surface area contributed by atoms with Crippen molar-refractivity contribution in [3.8, 4) is 0 Å². The van der Waals surface area contributed by atoms with Crippen molar-refractivity contribution >= 4 is 17.3 Å². The van der Waals surface area contributed by atoms with Crippen molar-refractivity contribution in [2.24, 2.45) is 0 Å². The van der Waals surface area contributed by atoms with Gasteiger partial charge in [-0.3, -0.25) is 4.79 Å². The van der Waals surface area contributed by atoms with Crippen molar-refractivity contribution in [3.63, 3.8) is 0 Å². The molecule has 0 atom stereocenters. The average Bonchev–Trinajstić information content (AvgIpc) is 2.51. The molecule has 0 spiro atoms. The molecule has 0 radical (unpaired) electrons. The van der Waals surface area contributed by atoms with E-state index in [4.69, 9.17) is 0 Å². The minimum absolute atomic E-state index is 0.186. The van der Waals surface area contributed by atoms with Crippen LogP contribution in [0.15, 0.2) is 54.6 Å². The van der Waals surface area contributed by atoms with Crippen molar-refractivity contribution in [2.75, 3.05) is 23.3 Å². The number of anilines is 2. The summed E-state index contributed by atoms with van der Waals surface area (Å²) >= 11 is 0. The number of nitrogens with zero attached hydrogens (tertiary/aromatic N) is 1. The first-order chi connectivity index (χ1) is 10.2. The summed E-state index contributed by atoms with van der Waals surface area (Å²) in [4.78, 5) is 14.0. The van der Waals surface area contributed by atoms with Gasteiger partial charge in [-0.25, -0.2) is 4.39 Å². The van der Waals surface area contributed by atoms with Gasteiger partial charge in [-0.05, 0) is 31.2 Å². The summed E-state index contributed by atoms with van der Waals surface area (Å²) in [6.07, 6.45) is 0.317. The molecule has 0 heterocycles. The van der Waals surface area contributed by atoms with Crippen molar-refractivity contribution in [1.29, 1.82) is 0 Å². The highest BCUT2D eigenvalue weighted by molar-refractivity contribution is 5.91. The number of carbonyl (C=O) groups excluding carboxylic acids is 1. The van der Waals surface area contributed by atoms with E-state index in [1.165, 1.54) is 6.07 Å². The summed E-state index contributed by atoms with van der Waals surface area (Å²) in [7, 11) is 0. The van der Waals surface area contributed by atoms with Gasteiger partial charge in [-0.2, -0.15) is 0 Å². The number of benzene rings is 2. The van der Waals surface area contributed by atoms with Crippen LogP contribution in [0.4, 0.5) is 15.8 Å². The van der Waals surface area contributed by atoms with Crippen LogP contribution in [-0.4, -0.2) is 19.0 Å². The van der Waals surface area contributed by atoms with E-state index >= 15 is 0 Å². The second-order valence-corrected chi connectivity index (χ2v) is 4.69. The quantitative estimate of drug-likeness (QED) is 0.878.